The highest BCUT2D eigenvalue weighted by molar-refractivity contribution is 6.36. The van der Waals surface area contributed by atoms with Crippen LogP contribution in [-0.2, 0) is 0 Å². The number of ether oxygens (including phenoxy) is 1. The Morgan fingerprint density at radius 2 is 1.95 bits per heavy atom. The minimum atomic E-state index is -0.788. The largest absolute Gasteiger partial charge is 0.420 e. The van der Waals surface area contributed by atoms with Gasteiger partial charge < -0.3 is 10.5 Å². The number of hydrogen-bond acceptors (Lipinski definition) is 5. The smallest absolute Gasteiger partial charge is 0.345 e. The molecular weight excluding hydrogens is 319 g/mol. The number of hydrogen-bond donors (Lipinski definition) is 1. The minimum absolute atomic E-state index is 0.0759. The maximum atomic E-state index is 12.0. The van der Waals surface area contributed by atoms with E-state index < -0.39 is 10.9 Å². The second-order valence-corrected chi connectivity index (χ2v) is 4.80. The fourth-order valence-electron chi connectivity index (χ4n) is 1.59. The first kappa shape index (κ1) is 15.1. The molecule has 2 aromatic carbocycles. The third kappa shape index (κ3) is 3.24. The standard InChI is InChI=1S/C13H8Cl2N2O4/c14-7-4-5-8(9(15)6-7)13(18)21-11-3-1-2-10(12(11)16)17(19)20/h1-6H,16H2. The number of nitrogens with zero attached hydrogens (tertiary/aromatic N) is 1. The van der Waals surface area contributed by atoms with E-state index in [1.54, 1.807) is 0 Å². The molecule has 0 atom stereocenters. The van der Waals surface area contributed by atoms with E-state index in [1.807, 2.05) is 0 Å². The molecule has 0 heterocycles. The van der Waals surface area contributed by atoms with Gasteiger partial charge in [0, 0.05) is 11.1 Å². The molecule has 0 saturated carbocycles. The van der Waals surface area contributed by atoms with Crippen LogP contribution in [0.1, 0.15) is 10.4 Å². The van der Waals surface area contributed by atoms with Crippen molar-refractivity contribution in [1.82, 2.24) is 0 Å². The number of carbonyl (C=O) groups is 1. The van der Waals surface area contributed by atoms with Crippen LogP contribution in [0.25, 0.3) is 0 Å². The van der Waals surface area contributed by atoms with Gasteiger partial charge in [0.15, 0.2) is 11.4 Å². The van der Waals surface area contributed by atoms with Crippen molar-refractivity contribution in [3.63, 3.8) is 0 Å². The molecule has 0 spiro atoms. The van der Waals surface area contributed by atoms with E-state index in [2.05, 4.69) is 0 Å². The third-order valence-electron chi connectivity index (χ3n) is 2.59. The van der Waals surface area contributed by atoms with Crippen molar-refractivity contribution < 1.29 is 14.5 Å². The normalized spacial score (nSPS) is 10.2. The molecule has 0 amide bonds. The summed E-state index contributed by atoms with van der Waals surface area (Å²) in [5.41, 5.74) is 5.10. The third-order valence-corrected chi connectivity index (χ3v) is 3.14. The van der Waals surface area contributed by atoms with E-state index in [0.29, 0.717) is 5.02 Å². The minimum Gasteiger partial charge on any atom is -0.420 e. The van der Waals surface area contributed by atoms with Gasteiger partial charge in [0.1, 0.15) is 0 Å². The highest BCUT2D eigenvalue weighted by Crippen LogP contribution is 2.32. The average molecular weight is 327 g/mol. The maximum Gasteiger partial charge on any atom is 0.345 e. The molecule has 0 saturated heterocycles. The van der Waals surface area contributed by atoms with Crippen LogP contribution in [0.4, 0.5) is 11.4 Å². The number of halogens is 2. The SMILES string of the molecule is Nc1c(OC(=O)c2ccc(Cl)cc2Cl)cccc1[N+](=O)[O-]. The number of nitrogens with two attached hydrogens (primary N) is 1. The monoisotopic (exact) mass is 326 g/mol. The van der Waals surface area contributed by atoms with Crippen LogP contribution in [0.3, 0.4) is 0 Å². The molecule has 8 heteroatoms. The Balaban J connectivity index is 2.32. The van der Waals surface area contributed by atoms with Gasteiger partial charge in [-0.25, -0.2) is 4.79 Å². The number of rotatable bonds is 3. The van der Waals surface area contributed by atoms with Gasteiger partial charge in [-0.15, -0.1) is 0 Å². The van der Waals surface area contributed by atoms with Gasteiger partial charge in [0.25, 0.3) is 5.69 Å². The van der Waals surface area contributed by atoms with Gasteiger partial charge in [-0.3, -0.25) is 10.1 Å². The van der Waals surface area contributed by atoms with Crippen molar-refractivity contribution in [2.24, 2.45) is 0 Å². The summed E-state index contributed by atoms with van der Waals surface area (Å²) in [6.07, 6.45) is 0. The van der Waals surface area contributed by atoms with Crippen LogP contribution < -0.4 is 10.5 Å². The highest BCUT2D eigenvalue weighted by Gasteiger charge is 2.19. The molecule has 108 valence electrons. The van der Waals surface area contributed by atoms with Crippen molar-refractivity contribution in [3.8, 4) is 5.75 Å². The predicted molar refractivity (Wildman–Crippen MR) is 78.9 cm³/mol. The summed E-state index contributed by atoms with van der Waals surface area (Å²) in [6, 6.07) is 8.17. The Morgan fingerprint density at radius 3 is 2.57 bits per heavy atom. The highest BCUT2D eigenvalue weighted by atomic mass is 35.5. The lowest BCUT2D eigenvalue weighted by Crippen LogP contribution is -2.11. The van der Waals surface area contributed by atoms with Crippen LogP contribution in [0.5, 0.6) is 5.75 Å². The molecule has 0 aliphatic heterocycles. The Hall–Kier alpha value is -2.31. The summed E-state index contributed by atoms with van der Waals surface area (Å²) >= 11 is 11.6. The molecule has 6 nitrogen and oxygen atoms in total. The van der Waals surface area contributed by atoms with Crippen LogP contribution in [0, 0.1) is 10.1 Å². The zero-order chi connectivity index (χ0) is 15.6. The van der Waals surface area contributed by atoms with Crippen molar-refractivity contribution in [1.29, 1.82) is 0 Å². The van der Waals surface area contributed by atoms with E-state index >= 15 is 0 Å². The molecule has 0 bridgehead atoms. The average Bonchev–Trinajstić information content (AvgIpc) is 2.40. The van der Waals surface area contributed by atoms with Crippen LogP contribution >= 0.6 is 23.2 Å². The van der Waals surface area contributed by atoms with Crippen LogP contribution in [-0.4, -0.2) is 10.9 Å². The molecule has 21 heavy (non-hydrogen) atoms. The number of nitrogen functional groups attached to an aromatic ring is 1. The summed E-state index contributed by atoms with van der Waals surface area (Å²) in [4.78, 5) is 22.1. The van der Waals surface area contributed by atoms with E-state index in [0.717, 1.165) is 0 Å². The number of para-hydroxylation sites is 1. The second-order valence-electron chi connectivity index (χ2n) is 3.96. The summed E-state index contributed by atoms with van der Waals surface area (Å²) in [5, 5.41) is 11.2. The number of anilines is 1. The summed E-state index contributed by atoms with van der Waals surface area (Å²) in [7, 11) is 0. The zero-order valence-electron chi connectivity index (χ0n) is 10.4. The van der Waals surface area contributed by atoms with Gasteiger partial charge in [-0.05, 0) is 24.3 Å². The number of esters is 1. The Labute approximate surface area is 129 Å². The first-order chi connectivity index (χ1) is 9.90. The summed E-state index contributed by atoms with van der Waals surface area (Å²) in [5.74, 6) is -0.899. The number of benzene rings is 2. The molecule has 0 aromatic heterocycles. The second kappa shape index (κ2) is 5.99. The molecule has 0 aliphatic carbocycles. The van der Waals surface area contributed by atoms with Crippen molar-refractivity contribution in [2.75, 3.05) is 5.73 Å². The fourth-order valence-corrected chi connectivity index (χ4v) is 2.08. The predicted octanol–water partition coefficient (Wildman–Crippen LogP) is 3.70. The van der Waals surface area contributed by atoms with Crippen molar-refractivity contribution >= 4 is 40.5 Å². The number of nitro groups is 1. The van der Waals surface area contributed by atoms with E-state index in [4.69, 9.17) is 33.7 Å². The Kier molecular flexibility index (Phi) is 4.30. The lowest BCUT2D eigenvalue weighted by molar-refractivity contribution is -0.383. The Bertz CT molecular complexity index is 734. The van der Waals surface area contributed by atoms with E-state index in [1.165, 1.54) is 36.4 Å². The Morgan fingerprint density at radius 1 is 1.24 bits per heavy atom. The molecule has 0 unspecified atom stereocenters. The van der Waals surface area contributed by atoms with Crippen LogP contribution in [0.2, 0.25) is 10.0 Å². The van der Waals surface area contributed by atoms with E-state index in [9.17, 15) is 14.9 Å². The quantitative estimate of drug-likeness (QED) is 0.305. The van der Waals surface area contributed by atoms with Gasteiger partial charge in [-0.2, -0.15) is 0 Å². The first-order valence-corrected chi connectivity index (χ1v) is 6.36. The number of nitro benzene ring substituents is 1. The molecule has 2 N–H and O–H groups in total. The van der Waals surface area contributed by atoms with Gasteiger partial charge in [-0.1, -0.05) is 29.3 Å². The van der Waals surface area contributed by atoms with Crippen molar-refractivity contribution in [2.45, 2.75) is 0 Å². The number of carbonyl (C=O) groups excluding carboxylic acids is 1. The van der Waals surface area contributed by atoms with Gasteiger partial charge >= 0.3 is 5.97 Å². The molecule has 0 fully saturated rings. The zero-order valence-corrected chi connectivity index (χ0v) is 11.9. The maximum absolute atomic E-state index is 12.0. The van der Waals surface area contributed by atoms with Gasteiger partial charge in [0.2, 0.25) is 0 Å². The van der Waals surface area contributed by atoms with E-state index in [-0.39, 0.29) is 27.7 Å². The topological polar surface area (TPSA) is 95.5 Å². The lowest BCUT2D eigenvalue weighted by Gasteiger charge is -2.08. The first-order valence-electron chi connectivity index (χ1n) is 5.60. The molecular formula is C13H8Cl2N2O4. The lowest BCUT2D eigenvalue weighted by atomic mass is 10.2. The molecule has 0 aliphatic rings. The summed E-state index contributed by atoms with van der Waals surface area (Å²) in [6.45, 7) is 0. The molecule has 2 aromatic rings. The molecule has 2 rings (SSSR count). The van der Waals surface area contributed by atoms with Gasteiger partial charge in [0.05, 0.1) is 15.5 Å². The van der Waals surface area contributed by atoms with Crippen LogP contribution in [0.15, 0.2) is 36.4 Å². The summed E-state index contributed by atoms with van der Waals surface area (Å²) < 4.78 is 5.05. The van der Waals surface area contributed by atoms with Crippen molar-refractivity contribution in [3.05, 3.63) is 62.1 Å². The fraction of sp³-hybridized carbons (Fsp3) is 0. The molecule has 0 radical (unpaired) electrons.